The van der Waals surface area contributed by atoms with Gasteiger partial charge in [-0.15, -0.1) is 0 Å². The normalized spacial score (nSPS) is 13.9. The first-order chi connectivity index (χ1) is 7.46. The molecule has 1 unspecified atom stereocenters. The van der Waals surface area contributed by atoms with E-state index >= 15 is 0 Å². The highest BCUT2D eigenvalue weighted by Crippen LogP contribution is 2.20. The number of sulfone groups is 1. The molecule has 0 saturated carbocycles. The van der Waals surface area contributed by atoms with Gasteiger partial charge < -0.3 is 10.2 Å². The van der Waals surface area contributed by atoms with E-state index in [0.717, 1.165) is 11.3 Å². The third-order valence-electron chi connectivity index (χ3n) is 2.65. The van der Waals surface area contributed by atoms with Crippen molar-refractivity contribution in [2.24, 2.45) is 5.73 Å². The zero-order valence-corrected chi connectivity index (χ0v) is 10.6. The molecule has 0 bridgehead atoms. The summed E-state index contributed by atoms with van der Waals surface area (Å²) in [6.45, 7) is 3.59. The monoisotopic (exact) mass is 245 g/mol. The maximum Gasteiger partial charge on any atom is 0.150 e. The first-order valence-corrected chi connectivity index (χ1v) is 7.28. The minimum atomic E-state index is -2.88. The molecule has 1 atom stereocenters. The van der Waals surface area contributed by atoms with Gasteiger partial charge >= 0.3 is 0 Å². The molecule has 0 saturated heterocycles. The molecule has 0 fully saturated rings. The van der Waals surface area contributed by atoms with E-state index in [1.807, 2.05) is 13.0 Å². The van der Waals surface area contributed by atoms with Gasteiger partial charge in [0.05, 0.1) is 18.1 Å². The van der Waals surface area contributed by atoms with Gasteiger partial charge in [-0.1, -0.05) is 6.92 Å². The van der Waals surface area contributed by atoms with Crippen molar-refractivity contribution in [2.75, 3.05) is 11.5 Å². The maximum atomic E-state index is 11.3. The number of aryl methyl sites for hydroxylation is 1. The molecule has 0 amide bonds. The molecule has 2 N–H and O–H groups in total. The summed E-state index contributed by atoms with van der Waals surface area (Å²) >= 11 is 0. The number of hydrogen-bond donors (Lipinski definition) is 1. The quantitative estimate of drug-likeness (QED) is 0.829. The van der Waals surface area contributed by atoms with Crippen LogP contribution in [0.2, 0.25) is 0 Å². The van der Waals surface area contributed by atoms with E-state index in [9.17, 15) is 8.42 Å². The van der Waals surface area contributed by atoms with Crippen molar-refractivity contribution >= 4 is 9.84 Å². The second-order valence-corrected chi connectivity index (χ2v) is 6.43. The molecule has 16 heavy (non-hydrogen) atoms. The molecular weight excluding hydrogens is 226 g/mol. The molecule has 4 nitrogen and oxygen atoms in total. The molecule has 1 rings (SSSR count). The second kappa shape index (κ2) is 5.50. The Labute approximate surface area is 96.7 Å². The highest BCUT2D eigenvalue weighted by atomic mass is 32.2. The van der Waals surface area contributed by atoms with Crippen molar-refractivity contribution in [3.05, 3.63) is 23.7 Å². The predicted octanol–water partition coefficient (Wildman–Crippen LogP) is 1.80. The molecule has 92 valence electrons. The summed E-state index contributed by atoms with van der Waals surface area (Å²) in [4.78, 5) is 0. The molecule has 0 aromatic carbocycles. The molecule has 5 heteroatoms. The van der Waals surface area contributed by atoms with Gasteiger partial charge in [0.15, 0.2) is 0 Å². The fourth-order valence-corrected chi connectivity index (χ4v) is 2.46. The Morgan fingerprint density at radius 1 is 1.50 bits per heavy atom. The van der Waals surface area contributed by atoms with Gasteiger partial charge in [-0.2, -0.15) is 0 Å². The smallest absolute Gasteiger partial charge is 0.150 e. The van der Waals surface area contributed by atoms with Crippen molar-refractivity contribution in [2.45, 2.75) is 32.7 Å². The topological polar surface area (TPSA) is 73.3 Å². The van der Waals surface area contributed by atoms with E-state index < -0.39 is 9.84 Å². The molecule has 1 aromatic heterocycles. The van der Waals surface area contributed by atoms with E-state index in [-0.39, 0.29) is 17.5 Å². The van der Waals surface area contributed by atoms with Crippen LogP contribution in [-0.2, 0) is 9.84 Å². The third kappa shape index (κ3) is 3.64. The summed E-state index contributed by atoms with van der Waals surface area (Å²) in [6, 6.07) is 1.65. The van der Waals surface area contributed by atoms with Gasteiger partial charge in [0.1, 0.15) is 15.6 Å². The lowest BCUT2D eigenvalue weighted by atomic mass is 10.1. The summed E-state index contributed by atoms with van der Waals surface area (Å²) < 4.78 is 27.8. The molecular formula is C11H19NO3S. The van der Waals surface area contributed by atoms with Crippen LogP contribution < -0.4 is 5.73 Å². The molecule has 0 radical (unpaired) electrons. The van der Waals surface area contributed by atoms with E-state index in [4.69, 9.17) is 10.2 Å². The van der Waals surface area contributed by atoms with Crippen molar-refractivity contribution in [1.82, 2.24) is 0 Å². The lowest BCUT2D eigenvalue weighted by molar-refractivity contribution is 0.447. The molecule has 0 spiro atoms. The Morgan fingerprint density at radius 3 is 2.69 bits per heavy atom. The summed E-state index contributed by atoms with van der Waals surface area (Å²) in [7, 11) is -2.88. The van der Waals surface area contributed by atoms with Crippen molar-refractivity contribution in [3.63, 3.8) is 0 Å². The number of furan rings is 1. The Morgan fingerprint density at radius 2 is 2.19 bits per heavy atom. The average molecular weight is 245 g/mol. The third-order valence-corrected chi connectivity index (χ3v) is 4.44. The summed E-state index contributed by atoms with van der Waals surface area (Å²) in [6.07, 6.45) is 2.82. The van der Waals surface area contributed by atoms with E-state index in [2.05, 4.69) is 0 Å². The minimum absolute atomic E-state index is 0.196. The van der Waals surface area contributed by atoms with Crippen LogP contribution in [0.25, 0.3) is 0 Å². The SMILES string of the molecule is CCS(=O)(=O)CCCC(N)c1occc1C. The van der Waals surface area contributed by atoms with Crippen molar-refractivity contribution in [1.29, 1.82) is 0 Å². The van der Waals surface area contributed by atoms with Gasteiger partial charge in [0.25, 0.3) is 0 Å². The zero-order chi connectivity index (χ0) is 12.2. The second-order valence-electron chi connectivity index (χ2n) is 3.95. The van der Waals surface area contributed by atoms with Crippen LogP contribution in [0.4, 0.5) is 0 Å². The van der Waals surface area contributed by atoms with Crippen LogP contribution in [0.3, 0.4) is 0 Å². The van der Waals surface area contributed by atoms with Crippen LogP contribution in [0.1, 0.15) is 37.1 Å². The molecule has 0 aliphatic carbocycles. The summed E-state index contributed by atoms with van der Waals surface area (Å²) in [5.41, 5.74) is 6.94. The molecule has 1 heterocycles. The fraction of sp³-hybridized carbons (Fsp3) is 0.636. The Kier molecular flexibility index (Phi) is 4.56. The number of rotatable bonds is 6. The number of hydrogen-bond acceptors (Lipinski definition) is 4. The lowest BCUT2D eigenvalue weighted by Gasteiger charge is -2.09. The zero-order valence-electron chi connectivity index (χ0n) is 9.77. The Balaban J connectivity index is 2.43. The predicted molar refractivity (Wildman–Crippen MR) is 63.9 cm³/mol. The Hall–Kier alpha value is -0.810. The van der Waals surface area contributed by atoms with Gasteiger partial charge in [-0.3, -0.25) is 0 Å². The van der Waals surface area contributed by atoms with Crippen molar-refractivity contribution < 1.29 is 12.8 Å². The maximum absolute atomic E-state index is 11.3. The highest BCUT2D eigenvalue weighted by molar-refractivity contribution is 7.91. The standard InChI is InChI=1S/C11H19NO3S/c1-3-16(13,14)8-4-5-10(12)11-9(2)6-7-15-11/h6-7,10H,3-5,8,12H2,1-2H3. The van der Waals surface area contributed by atoms with Crippen LogP contribution >= 0.6 is 0 Å². The highest BCUT2D eigenvalue weighted by Gasteiger charge is 2.14. The van der Waals surface area contributed by atoms with Crippen LogP contribution in [0.15, 0.2) is 16.7 Å². The Bertz CT molecular complexity index is 422. The van der Waals surface area contributed by atoms with Crippen molar-refractivity contribution in [3.8, 4) is 0 Å². The van der Waals surface area contributed by atoms with Gasteiger partial charge in [-0.25, -0.2) is 8.42 Å². The summed E-state index contributed by atoms with van der Waals surface area (Å²) in [5.74, 6) is 1.16. The van der Waals surface area contributed by atoms with Crippen LogP contribution in [0, 0.1) is 6.92 Å². The largest absolute Gasteiger partial charge is 0.467 e. The average Bonchev–Trinajstić information content (AvgIpc) is 2.64. The number of nitrogens with two attached hydrogens (primary N) is 1. The van der Waals surface area contributed by atoms with E-state index in [1.165, 1.54) is 0 Å². The summed E-state index contributed by atoms with van der Waals surface area (Å²) in [5, 5.41) is 0. The van der Waals surface area contributed by atoms with E-state index in [0.29, 0.717) is 12.8 Å². The molecule has 0 aliphatic rings. The van der Waals surface area contributed by atoms with E-state index in [1.54, 1.807) is 13.2 Å². The van der Waals surface area contributed by atoms with Gasteiger partial charge in [-0.05, 0) is 31.4 Å². The van der Waals surface area contributed by atoms with Gasteiger partial charge in [0, 0.05) is 5.75 Å². The van der Waals surface area contributed by atoms with Crippen LogP contribution in [-0.4, -0.2) is 19.9 Å². The fourth-order valence-electron chi connectivity index (χ4n) is 1.56. The van der Waals surface area contributed by atoms with Crippen LogP contribution in [0.5, 0.6) is 0 Å². The van der Waals surface area contributed by atoms with Gasteiger partial charge in [0.2, 0.25) is 0 Å². The minimum Gasteiger partial charge on any atom is -0.467 e. The lowest BCUT2D eigenvalue weighted by Crippen LogP contribution is -2.14. The first-order valence-electron chi connectivity index (χ1n) is 5.46. The first kappa shape index (κ1) is 13.3. The molecule has 1 aromatic rings. The molecule has 0 aliphatic heterocycles.